The summed E-state index contributed by atoms with van der Waals surface area (Å²) in [5.74, 6) is 0. The molecule has 0 spiro atoms. The minimum atomic E-state index is 1.01. The van der Waals surface area contributed by atoms with Crippen molar-refractivity contribution in [2.75, 3.05) is 0 Å². The van der Waals surface area contributed by atoms with Crippen LogP contribution in [0.4, 0.5) is 0 Å². The Hall–Kier alpha value is -2.48. The second-order valence-corrected chi connectivity index (χ2v) is 4.91. The van der Waals surface area contributed by atoms with Gasteiger partial charge in [-0.15, -0.1) is 0 Å². The first kappa shape index (κ1) is 12.5. The average Bonchev–Trinajstić information content (AvgIpc) is 2.51. The minimum Gasteiger partial charge on any atom is -0.256 e. The van der Waals surface area contributed by atoms with Crippen molar-refractivity contribution in [2.24, 2.45) is 0 Å². The Balaban J connectivity index is 2.13. The molecule has 0 atom stereocenters. The number of benzene rings is 1. The van der Waals surface area contributed by atoms with E-state index in [1.54, 1.807) is 0 Å². The zero-order chi connectivity index (χ0) is 13.9. The van der Waals surface area contributed by atoms with Gasteiger partial charge in [0.15, 0.2) is 0 Å². The SMILES string of the molecule is Cc1cc(-c2ccccn2)c(C)cc1-c1ccccn1. The molecule has 0 saturated carbocycles. The Labute approximate surface area is 119 Å². The molecule has 98 valence electrons. The van der Waals surface area contributed by atoms with Gasteiger partial charge in [-0.3, -0.25) is 9.97 Å². The molecule has 2 nitrogen and oxygen atoms in total. The molecule has 0 unspecified atom stereocenters. The normalized spacial score (nSPS) is 10.5. The summed E-state index contributed by atoms with van der Waals surface area (Å²) in [5, 5.41) is 0. The maximum atomic E-state index is 4.44. The molecule has 1 aromatic carbocycles. The van der Waals surface area contributed by atoms with Crippen LogP contribution in [0, 0.1) is 13.8 Å². The van der Waals surface area contributed by atoms with Crippen LogP contribution in [-0.4, -0.2) is 9.97 Å². The van der Waals surface area contributed by atoms with Crippen LogP contribution in [0.15, 0.2) is 60.9 Å². The number of aromatic nitrogens is 2. The highest BCUT2D eigenvalue weighted by atomic mass is 14.7. The first-order valence-electron chi connectivity index (χ1n) is 6.70. The monoisotopic (exact) mass is 260 g/mol. The predicted molar refractivity (Wildman–Crippen MR) is 82.4 cm³/mol. The first-order valence-corrected chi connectivity index (χ1v) is 6.70. The maximum Gasteiger partial charge on any atom is 0.0704 e. The molecule has 0 aliphatic carbocycles. The average molecular weight is 260 g/mol. The fourth-order valence-electron chi connectivity index (χ4n) is 2.41. The van der Waals surface area contributed by atoms with E-state index < -0.39 is 0 Å². The summed E-state index contributed by atoms with van der Waals surface area (Å²) in [6.07, 6.45) is 3.66. The largest absolute Gasteiger partial charge is 0.256 e. The molecule has 0 radical (unpaired) electrons. The number of rotatable bonds is 2. The Kier molecular flexibility index (Phi) is 3.30. The van der Waals surface area contributed by atoms with Gasteiger partial charge in [-0.05, 0) is 61.4 Å². The fourth-order valence-corrected chi connectivity index (χ4v) is 2.41. The van der Waals surface area contributed by atoms with Crippen molar-refractivity contribution in [2.45, 2.75) is 13.8 Å². The van der Waals surface area contributed by atoms with E-state index in [1.807, 2.05) is 48.8 Å². The van der Waals surface area contributed by atoms with Crippen LogP contribution in [0.2, 0.25) is 0 Å². The van der Waals surface area contributed by atoms with Crippen molar-refractivity contribution in [3.8, 4) is 22.5 Å². The molecule has 0 aliphatic rings. The Morgan fingerprint density at radius 3 is 1.45 bits per heavy atom. The lowest BCUT2D eigenvalue weighted by atomic mass is 9.96. The van der Waals surface area contributed by atoms with Gasteiger partial charge in [0.2, 0.25) is 0 Å². The highest BCUT2D eigenvalue weighted by molar-refractivity contribution is 5.73. The van der Waals surface area contributed by atoms with Crippen molar-refractivity contribution in [3.63, 3.8) is 0 Å². The topological polar surface area (TPSA) is 25.8 Å². The summed E-state index contributed by atoms with van der Waals surface area (Å²) in [7, 11) is 0. The van der Waals surface area contributed by atoms with Crippen LogP contribution in [0.3, 0.4) is 0 Å². The van der Waals surface area contributed by atoms with Crippen LogP contribution in [-0.2, 0) is 0 Å². The van der Waals surface area contributed by atoms with Crippen molar-refractivity contribution < 1.29 is 0 Å². The van der Waals surface area contributed by atoms with Crippen molar-refractivity contribution >= 4 is 0 Å². The zero-order valence-electron chi connectivity index (χ0n) is 11.7. The highest BCUT2D eigenvalue weighted by Gasteiger charge is 2.09. The third kappa shape index (κ3) is 2.32. The second-order valence-electron chi connectivity index (χ2n) is 4.91. The van der Waals surface area contributed by atoms with Gasteiger partial charge < -0.3 is 0 Å². The van der Waals surface area contributed by atoms with E-state index >= 15 is 0 Å². The first-order chi connectivity index (χ1) is 9.75. The number of hydrogen-bond acceptors (Lipinski definition) is 2. The third-order valence-corrected chi connectivity index (χ3v) is 3.45. The van der Waals surface area contributed by atoms with E-state index in [2.05, 4.69) is 35.9 Å². The number of pyridine rings is 2. The third-order valence-electron chi connectivity index (χ3n) is 3.45. The number of aryl methyl sites for hydroxylation is 2. The van der Waals surface area contributed by atoms with Gasteiger partial charge in [-0.25, -0.2) is 0 Å². The Bertz CT molecular complexity index is 654. The molecule has 0 aliphatic heterocycles. The standard InChI is InChI=1S/C18H16N2/c1-13-11-16(18-8-4-6-10-20-18)14(2)12-15(13)17-7-3-5-9-19-17/h3-12H,1-2H3. The van der Waals surface area contributed by atoms with Crippen LogP contribution < -0.4 is 0 Å². The maximum absolute atomic E-state index is 4.44. The fraction of sp³-hybridized carbons (Fsp3) is 0.111. The van der Waals surface area contributed by atoms with Crippen LogP contribution in [0.1, 0.15) is 11.1 Å². The molecular formula is C18H16N2. The van der Waals surface area contributed by atoms with E-state index in [0.29, 0.717) is 0 Å². The summed E-state index contributed by atoms with van der Waals surface area (Å²) < 4.78 is 0. The summed E-state index contributed by atoms with van der Waals surface area (Å²) in [6.45, 7) is 4.24. The molecule has 0 bridgehead atoms. The predicted octanol–water partition coefficient (Wildman–Crippen LogP) is 4.43. The summed E-state index contributed by atoms with van der Waals surface area (Å²) in [5.41, 5.74) is 6.83. The summed E-state index contributed by atoms with van der Waals surface area (Å²) in [4.78, 5) is 8.88. The molecule has 0 amide bonds. The second kappa shape index (κ2) is 5.25. The molecule has 0 saturated heterocycles. The van der Waals surface area contributed by atoms with Crippen LogP contribution >= 0.6 is 0 Å². The van der Waals surface area contributed by atoms with Crippen LogP contribution in [0.5, 0.6) is 0 Å². The van der Waals surface area contributed by atoms with Gasteiger partial charge in [-0.1, -0.05) is 12.1 Å². The lowest BCUT2D eigenvalue weighted by molar-refractivity contribution is 1.27. The van der Waals surface area contributed by atoms with Gasteiger partial charge in [0.05, 0.1) is 11.4 Å². The van der Waals surface area contributed by atoms with E-state index in [9.17, 15) is 0 Å². The van der Waals surface area contributed by atoms with Gasteiger partial charge in [0.1, 0.15) is 0 Å². The lowest BCUT2D eigenvalue weighted by Crippen LogP contribution is -1.92. The summed E-state index contributed by atoms with van der Waals surface area (Å²) >= 11 is 0. The smallest absolute Gasteiger partial charge is 0.0704 e. The highest BCUT2D eigenvalue weighted by Crippen LogP contribution is 2.29. The molecule has 0 N–H and O–H groups in total. The molecular weight excluding hydrogens is 244 g/mol. The zero-order valence-corrected chi connectivity index (χ0v) is 11.7. The Morgan fingerprint density at radius 2 is 1.10 bits per heavy atom. The molecule has 2 heteroatoms. The minimum absolute atomic E-state index is 1.01. The quantitative estimate of drug-likeness (QED) is 0.681. The molecule has 20 heavy (non-hydrogen) atoms. The van der Waals surface area contributed by atoms with Crippen molar-refractivity contribution in [1.82, 2.24) is 9.97 Å². The lowest BCUT2D eigenvalue weighted by Gasteiger charge is -2.11. The van der Waals surface area contributed by atoms with Crippen molar-refractivity contribution in [3.05, 3.63) is 72.1 Å². The van der Waals surface area contributed by atoms with Gasteiger partial charge in [0.25, 0.3) is 0 Å². The molecule has 3 aromatic rings. The molecule has 2 heterocycles. The molecule has 0 fully saturated rings. The van der Waals surface area contributed by atoms with E-state index in [-0.39, 0.29) is 0 Å². The molecule has 2 aromatic heterocycles. The summed E-state index contributed by atoms with van der Waals surface area (Å²) in [6, 6.07) is 16.4. The van der Waals surface area contributed by atoms with Gasteiger partial charge in [0, 0.05) is 23.5 Å². The van der Waals surface area contributed by atoms with E-state index in [0.717, 1.165) is 11.4 Å². The van der Waals surface area contributed by atoms with Crippen LogP contribution in [0.25, 0.3) is 22.5 Å². The van der Waals surface area contributed by atoms with E-state index in [1.165, 1.54) is 22.3 Å². The number of nitrogens with zero attached hydrogens (tertiary/aromatic N) is 2. The van der Waals surface area contributed by atoms with Crippen molar-refractivity contribution in [1.29, 1.82) is 0 Å². The number of hydrogen-bond donors (Lipinski definition) is 0. The van der Waals surface area contributed by atoms with Gasteiger partial charge in [-0.2, -0.15) is 0 Å². The Morgan fingerprint density at radius 1 is 0.650 bits per heavy atom. The molecule has 3 rings (SSSR count). The van der Waals surface area contributed by atoms with Gasteiger partial charge >= 0.3 is 0 Å². The van der Waals surface area contributed by atoms with E-state index in [4.69, 9.17) is 0 Å².